The second kappa shape index (κ2) is 10.1. The van der Waals surface area contributed by atoms with Crippen molar-refractivity contribution in [3.63, 3.8) is 0 Å². The Bertz CT molecular complexity index is 914. The molecular formula is C22H25FN4OS. The SMILES string of the molecule is CC[C@@H](C)NC(=O)CN(Cc1ccccc1)c1nc(Cc2ccc(F)cc2)ns1. The zero-order valence-corrected chi connectivity index (χ0v) is 17.5. The molecule has 1 N–H and O–H groups in total. The van der Waals surface area contributed by atoms with Crippen LogP contribution >= 0.6 is 11.5 Å². The number of hydrogen-bond acceptors (Lipinski definition) is 5. The number of carbonyl (C=O) groups excluding carboxylic acids is 1. The molecule has 152 valence electrons. The molecule has 5 nitrogen and oxygen atoms in total. The highest BCUT2D eigenvalue weighted by Crippen LogP contribution is 2.21. The van der Waals surface area contributed by atoms with Crippen molar-refractivity contribution in [1.82, 2.24) is 14.7 Å². The van der Waals surface area contributed by atoms with Crippen molar-refractivity contribution < 1.29 is 9.18 Å². The minimum atomic E-state index is -0.262. The maximum Gasteiger partial charge on any atom is 0.239 e. The summed E-state index contributed by atoms with van der Waals surface area (Å²) in [5.41, 5.74) is 2.04. The van der Waals surface area contributed by atoms with Gasteiger partial charge in [-0.1, -0.05) is 49.4 Å². The van der Waals surface area contributed by atoms with Crippen molar-refractivity contribution in [3.05, 3.63) is 77.4 Å². The Hall–Kier alpha value is -2.80. The van der Waals surface area contributed by atoms with E-state index in [0.29, 0.717) is 23.9 Å². The van der Waals surface area contributed by atoms with Crippen LogP contribution in [0.4, 0.5) is 9.52 Å². The second-order valence-electron chi connectivity index (χ2n) is 7.01. The maximum absolute atomic E-state index is 13.1. The van der Waals surface area contributed by atoms with E-state index in [1.165, 1.54) is 23.7 Å². The number of carbonyl (C=O) groups is 1. The first-order chi connectivity index (χ1) is 14.0. The lowest BCUT2D eigenvalue weighted by atomic mass is 10.1. The van der Waals surface area contributed by atoms with Gasteiger partial charge in [0.05, 0.1) is 6.54 Å². The van der Waals surface area contributed by atoms with Crippen LogP contribution in [0.25, 0.3) is 0 Å². The molecule has 2 aromatic carbocycles. The first kappa shape index (κ1) is 20.9. The van der Waals surface area contributed by atoms with E-state index in [1.807, 2.05) is 49.1 Å². The molecule has 1 atom stereocenters. The number of anilines is 1. The fourth-order valence-corrected chi connectivity index (χ4v) is 3.50. The van der Waals surface area contributed by atoms with Gasteiger partial charge >= 0.3 is 0 Å². The quantitative estimate of drug-likeness (QED) is 0.573. The lowest BCUT2D eigenvalue weighted by molar-refractivity contribution is -0.120. The van der Waals surface area contributed by atoms with Crippen molar-refractivity contribution in [2.24, 2.45) is 0 Å². The smallest absolute Gasteiger partial charge is 0.239 e. The molecule has 1 aromatic heterocycles. The van der Waals surface area contributed by atoms with Crippen LogP contribution in [0.3, 0.4) is 0 Å². The van der Waals surface area contributed by atoms with Crippen LogP contribution in [0.15, 0.2) is 54.6 Å². The Labute approximate surface area is 174 Å². The number of benzene rings is 2. The molecule has 0 saturated carbocycles. The number of nitrogens with one attached hydrogen (secondary N) is 1. The normalized spacial score (nSPS) is 11.8. The van der Waals surface area contributed by atoms with Gasteiger partial charge in [0.1, 0.15) is 11.6 Å². The number of amides is 1. The van der Waals surface area contributed by atoms with E-state index in [-0.39, 0.29) is 24.3 Å². The van der Waals surface area contributed by atoms with Gasteiger partial charge in [-0.05, 0) is 36.6 Å². The first-order valence-electron chi connectivity index (χ1n) is 9.68. The van der Waals surface area contributed by atoms with Crippen LogP contribution in [0.1, 0.15) is 37.2 Å². The fourth-order valence-electron chi connectivity index (χ4n) is 2.82. The standard InChI is InChI=1S/C22H25FN4OS/c1-3-16(2)24-21(28)15-27(14-18-7-5-4-6-8-18)22-25-20(26-29-22)13-17-9-11-19(23)12-10-17/h4-12,16H,3,13-15H2,1-2H3,(H,24,28)/t16-/m1/s1. The topological polar surface area (TPSA) is 58.1 Å². The molecule has 0 bridgehead atoms. The number of aromatic nitrogens is 2. The molecule has 3 aromatic rings. The van der Waals surface area contributed by atoms with E-state index < -0.39 is 0 Å². The van der Waals surface area contributed by atoms with Gasteiger partial charge in [-0.3, -0.25) is 4.79 Å². The molecule has 0 spiro atoms. The van der Waals surface area contributed by atoms with E-state index in [4.69, 9.17) is 0 Å². The third-order valence-corrected chi connectivity index (χ3v) is 5.39. The molecule has 1 heterocycles. The van der Waals surface area contributed by atoms with Crippen LogP contribution in [0.5, 0.6) is 0 Å². The van der Waals surface area contributed by atoms with E-state index in [0.717, 1.165) is 17.5 Å². The highest BCUT2D eigenvalue weighted by atomic mass is 32.1. The highest BCUT2D eigenvalue weighted by Gasteiger charge is 2.18. The summed E-state index contributed by atoms with van der Waals surface area (Å²) in [5.74, 6) is 0.365. The van der Waals surface area contributed by atoms with Gasteiger partial charge in [0.25, 0.3) is 0 Å². The predicted molar refractivity (Wildman–Crippen MR) is 115 cm³/mol. The van der Waals surface area contributed by atoms with Crippen LogP contribution in [-0.4, -0.2) is 27.9 Å². The number of halogens is 1. The van der Waals surface area contributed by atoms with Gasteiger partial charge in [-0.2, -0.15) is 4.37 Å². The molecule has 0 aliphatic heterocycles. The molecule has 0 radical (unpaired) electrons. The lowest BCUT2D eigenvalue weighted by Gasteiger charge is -2.22. The number of nitrogens with zero attached hydrogens (tertiary/aromatic N) is 3. The Morgan fingerprint density at radius 2 is 1.86 bits per heavy atom. The molecule has 0 saturated heterocycles. The van der Waals surface area contributed by atoms with Crippen molar-refractivity contribution in [3.8, 4) is 0 Å². The largest absolute Gasteiger partial charge is 0.352 e. The van der Waals surface area contributed by atoms with Gasteiger partial charge < -0.3 is 10.2 Å². The van der Waals surface area contributed by atoms with Crippen LogP contribution in [-0.2, 0) is 17.8 Å². The van der Waals surface area contributed by atoms with E-state index >= 15 is 0 Å². The number of hydrogen-bond donors (Lipinski definition) is 1. The summed E-state index contributed by atoms with van der Waals surface area (Å²) in [6, 6.07) is 16.4. The van der Waals surface area contributed by atoms with Gasteiger partial charge in [-0.25, -0.2) is 9.37 Å². The van der Waals surface area contributed by atoms with Crippen LogP contribution in [0.2, 0.25) is 0 Å². The molecule has 0 fully saturated rings. The van der Waals surface area contributed by atoms with Gasteiger partial charge in [0.2, 0.25) is 11.0 Å². The Morgan fingerprint density at radius 3 is 2.55 bits per heavy atom. The van der Waals surface area contributed by atoms with Gasteiger partial charge in [0.15, 0.2) is 0 Å². The fraction of sp³-hybridized carbons (Fsp3) is 0.318. The summed E-state index contributed by atoms with van der Waals surface area (Å²) >= 11 is 1.28. The van der Waals surface area contributed by atoms with Gasteiger partial charge in [-0.15, -0.1) is 0 Å². The summed E-state index contributed by atoms with van der Waals surface area (Å²) in [6.45, 7) is 4.81. The lowest BCUT2D eigenvalue weighted by Crippen LogP contribution is -2.40. The van der Waals surface area contributed by atoms with Crippen molar-refractivity contribution in [2.75, 3.05) is 11.4 Å². The third-order valence-electron chi connectivity index (χ3n) is 4.57. The van der Waals surface area contributed by atoms with Crippen molar-refractivity contribution in [2.45, 2.75) is 39.3 Å². The second-order valence-corrected chi connectivity index (χ2v) is 7.75. The highest BCUT2D eigenvalue weighted by molar-refractivity contribution is 7.09. The van der Waals surface area contributed by atoms with E-state index in [9.17, 15) is 9.18 Å². The Morgan fingerprint density at radius 1 is 1.14 bits per heavy atom. The molecule has 1 amide bonds. The summed E-state index contributed by atoms with van der Waals surface area (Å²) in [5, 5.41) is 3.71. The molecule has 29 heavy (non-hydrogen) atoms. The Balaban J connectivity index is 1.75. The Kier molecular flexibility index (Phi) is 7.30. The molecule has 3 rings (SSSR count). The minimum Gasteiger partial charge on any atom is -0.352 e. The van der Waals surface area contributed by atoms with Crippen molar-refractivity contribution >= 4 is 22.6 Å². The average molecular weight is 413 g/mol. The predicted octanol–water partition coefficient (Wildman–Crippen LogP) is 4.19. The average Bonchev–Trinajstić information content (AvgIpc) is 3.18. The summed E-state index contributed by atoms with van der Waals surface area (Å²) in [6.07, 6.45) is 1.40. The zero-order chi connectivity index (χ0) is 20.6. The molecule has 7 heteroatoms. The van der Waals surface area contributed by atoms with Crippen LogP contribution < -0.4 is 10.2 Å². The maximum atomic E-state index is 13.1. The number of rotatable bonds is 9. The monoisotopic (exact) mass is 412 g/mol. The summed E-state index contributed by atoms with van der Waals surface area (Å²) < 4.78 is 17.6. The summed E-state index contributed by atoms with van der Waals surface area (Å²) in [4.78, 5) is 19.1. The molecule has 0 aliphatic carbocycles. The van der Waals surface area contributed by atoms with Gasteiger partial charge in [0, 0.05) is 30.5 Å². The van der Waals surface area contributed by atoms with E-state index in [1.54, 1.807) is 12.1 Å². The van der Waals surface area contributed by atoms with Crippen molar-refractivity contribution in [1.29, 1.82) is 0 Å². The minimum absolute atomic E-state index is 0.0365. The third kappa shape index (κ3) is 6.35. The molecule has 0 aliphatic rings. The first-order valence-corrected chi connectivity index (χ1v) is 10.5. The molecule has 0 unspecified atom stereocenters. The van der Waals surface area contributed by atoms with E-state index in [2.05, 4.69) is 14.7 Å². The molecular weight excluding hydrogens is 387 g/mol. The summed E-state index contributed by atoms with van der Waals surface area (Å²) in [7, 11) is 0. The van der Waals surface area contributed by atoms with Crippen LogP contribution in [0, 0.1) is 5.82 Å². The zero-order valence-electron chi connectivity index (χ0n) is 16.6.